The van der Waals surface area contributed by atoms with Crippen molar-refractivity contribution in [2.24, 2.45) is 0 Å². The predicted molar refractivity (Wildman–Crippen MR) is 101 cm³/mol. The van der Waals surface area contributed by atoms with Crippen molar-refractivity contribution in [3.8, 4) is 0 Å². The third-order valence-electron chi connectivity index (χ3n) is 4.65. The van der Waals surface area contributed by atoms with Crippen LogP contribution in [0.25, 0.3) is 0 Å². The molecule has 2 heterocycles. The summed E-state index contributed by atoms with van der Waals surface area (Å²) in [5.74, 6) is 0.666. The number of carbonyl (C=O) groups is 1. The summed E-state index contributed by atoms with van der Waals surface area (Å²) in [6.07, 6.45) is 4.05. The van der Waals surface area contributed by atoms with E-state index in [0.717, 1.165) is 25.7 Å². The first-order valence-electron chi connectivity index (χ1n) is 9.04. The van der Waals surface area contributed by atoms with E-state index < -0.39 is 10.0 Å². The number of nitrogens with one attached hydrogen (secondary N) is 2. The summed E-state index contributed by atoms with van der Waals surface area (Å²) in [7, 11) is -3.48. The number of hydrogen-bond acceptors (Lipinski definition) is 6. The molecule has 1 aromatic carbocycles. The SMILES string of the molecule is O=C(Nc1ccc(NC2CC2)nn1)c1ccc(S(=O)(=O)N2CCCC2)cc1. The monoisotopic (exact) mass is 387 g/mol. The van der Waals surface area contributed by atoms with Gasteiger partial charge in [-0.3, -0.25) is 4.79 Å². The molecule has 9 heteroatoms. The highest BCUT2D eigenvalue weighted by Crippen LogP contribution is 2.24. The summed E-state index contributed by atoms with van der Waals surface area (Å²) in [6, 6.07) is 9.89. The van der Waals surface area contributed by atoms with Crippen molar-refractivity contribution < 1.29 is 13.2 Å². The minimum absolute atomic E-state index is 0.205. The van der Waals surface area contributed by atoms with Gasteiger partial charge in [0.15, 0.2) is 5.82 Å². The molecule has 0 bridgehead atoms. The predicted octanol–water partition coefficient (Wildman–Crippen LogP) is 2.09. The minimum atomic E-state index is -3.48. The normalized spacial score (nSPS) is 17.6. The van der Waals surface area contributed by atoms with E-state index in [2.05, 4.69) is 20.8 Å². The van der Waals surface area contributed by atoms with Gasteiger partial charge in [-0.2, -0.15) is 4.31 Å². The minimum Gasteiger partial charge on any atom is -0.366 e. The quantitative estimate of drug-likeness (QED) is 0.786. The first-order valence-corrected chi connectivity index (χ1v) is 10.5. The van der Waals surface area contributed by atoms with E-state index >= 15 is 0 Å². The van der Waals surface area contributed by atoms with Crippen molar-refractivity contribution in [2.45, 2.75) is 36.6 Å². The third-order valence-corrected chi connectivity index (χ3v) is 6.57. The van der Waals surface area contributed by atoms with E-state index in [1.807, 2.05) is 0 Å². The molecule has 2 N–H and O–H groups in total. The van der Waals surface area contributed by atoms with Crippen LogP contribution in [0.5, 0.6) is 0 Å². The van der Waals surface area contributed by atoms with Gasteiger partial charge >= 0.3 is 0 Å². The second-order valence-corrected chi connectivity index (χ2v) is 8.75. The molecule has 2 aromatic rings. The molecule has 0 unspecified atom stereocenters. The number of amides is 1. The highest BCUT2D eigenvalue weighted by Gasteiger charge is 2.27. The van der Waals surface area contributed by atoms with E-state index in [0.29, 0.717) is 36.3 Å². The van der Waals surface area contributed by atoms with Gasteiger partial charge < -0.3 is 10.6 Å². The molecule has 8 nitrogen and oxygen atoms in total. The van der Waals surface area contributed by atoms with Crippen LogP contribution in [0, 0.1) is 0 Å². The maximum atomic E-state index is 12.5. The van der Waals surface area contributed by atoms with Crippen LogP contribution in [-0.2, 0) is 10.0 Å². The van der Waals surface area contributed by atoms with Crippen LogP contribution in [0.2, 0.25) is 0 Å². The molecular weight excluding hydrogens is 366 g/mol. The number of nitrogens with zero attached hydrogens (tertiary/aromatic N) is 3. The lowest BCUT2D eigenvalue weighted by molar-refractivity contribution is 0.102. The van der Waals surface area contributed by atoms with Crippen LogP contribution in [0.15, 0.2) is 41.3 Å². The largest absolute Gasteiger partial charge is 0.366 e. The molecule has 2 fully saturated rings. The van der Waals surface area contributed by atoms with Gasteiger partial charge in [0.25, 0.3) is 5.91 Å². The molecule has 1 aromatic heterocycles. The standard InChI is InChI=1S/C18H21N5O3S/c24-18(20-17-10-9-16(21-22-17)19-14-5-6-14)13-3-7-15(8-4-13)27(25,26)23-11-1-2-12-23/h3-4,7-10,14H,1-2,5-6,11-12H2,(H,19,21)(H,20,22,24). The van der Waals surface area contributed by atoms with Gasteiger partial charge in [-0.05, 0) is 62.1 Å². The number of hydrogen-bond donors (Lipinski definition) is 2. The van der Waals surface area contributed by atoms with E-state index in [9.17, 15) is 13.2 Å². The number of rotatable bonds is 6. The van der Waals surface area contributed by atoms with Gasteiger partial charge in [0.2, 0.25) is 10.0 Å². The summed E-state index contributed by atoms with van der Waals surface area (Å²) >= 11 is 0. The lowest BCUT2D eigenvalue weighted by Crippen LogP contribution is -2.27. The Bertz CT molecular complexity index is 918. The Morgan fingerprint density at radius 2 is 1.59 bits per heavy atom. The zero-order chi connectivity index (χ0) is 18.9. The van der Waals surface area contributed by atoms with Crippen LogP contribution in [0.4, 0.5) is 11.6 Å². The fraction of sp³-hybridized carbons (Fsp3) is 0.389. The van der Waals surface area contributed by atoms with Crippen molar-refractivity contribution in [2.75, 3.05) is 23.7 Å². The Kier molecular flexibility index (Phi) is 4.79. The molecule has 1 aliphatic carbocycles. The van der Waals surface area contributed by atoms with Crippen molar-refractivity contribution in [3.05, 3.63) is 42.0 Å². The summed E-state index contributed by atoms with van der Waals surface area (Å²) in [4.78, 5) is 12.6. The molecule has 142 valence electrons. The molecule has 4 rings (SSSR count). The maximum Gasteiger partial charge on any atom is 0.256 e. The van der Waals surface area contributed by atoms with Crippen LogP contribution < -0.4 is 10.6 Å². The van der Waals surface area contributed by atoms with Gasteiger partial charge in [-0.1, -0.05) is 0 Å². The summed E-state index contributed by atoms with van der Waals surface area (Å²) in [5.41, 5.74) is 0.359. The van der Waals surface area contributed by atoms with Gasteiger partial charge in [0, 0.05) is 24.7 Å². The second kappa shape index (κ2) is 7.24. The van der Waals surface area contributed by atoms with Crippen molar-refractivity contribution in [3.63, 3.8) is 0 Å². The molecule has 0 spiro atoms. The molecule has 0 radical (unpaired) electrons. The number of aromatic nitrogens is 2. The molecule has 2 aliphatic rings. The molecule has 0 atom stereocenters. The number of anilines is 2. The fourth-order valence-corrected chi connectivity index (χ4v) is 4.47. The lowest BCUT2D eigenvalue weighted by Gasteiger charge is -2.15. The lowest BCUT2D eigenvalue weighted by atomic mass is 10.2. The molecule has 27 heavy (non-hydrogen) atoms. The van der Waals surface area contributed by atoms with E-state index in [1.54, 1.807) is 12.1 Å². The van der Waals surface area contributed by atoms with Crippen LogP contribution in [0.3, 0.4) is 0 Å². The molecule has 1 amide bonds. The topological polar surface area (TPSA) is 104 Å². The Hall–Kier alpha value is -2.52. The van der Waals surface area contributed by atoms with E-state index in [-0.39, 0.29) is 10.8 Å². The van der Waals surface area contributed by atoms with Crippen molar-refractivity contribution in [1.82, 2.24) is 14.5 Å². The summed E-state index contributed by atoms with van der Waals surface area (Å²) in [5, 5.41) is 13.9. The van der Waals surface area contributed by atoms with Gasteiger partial charge in [0.05, 0.1) is 4.90 Å². The van der Waals surface area contributed by atoms with Gasteiger partial charge in [-0.25, -0.2) is 8.42 Å². The zero-order valence-corrected chi connectivity index (χ0v) is 15.6. The Morgan fingerprint density at radius 1 is 0.963 bits per heavy atom. The van der Waals surface area contributed by atoms with E-state index in [4.69, 9.17) is 0 Å². The fourth-order valence-electron chi connectivity index (χ4n) is 2.96. The highest BCUT2D eigenvalue weighted by atomic mass is 32.2. The molecule has 1 aliphatic heterocycles. The molecular formula is C18H21N5O3S. The van der Waals surface area contributed by atoms with Crippen LogP contribution >= 0.6 is 0 Å². The van der Waals surface area contributed by atoms with Crippen LogP contribution in [0.1, 0.15) is 36.0 Å². The Balaban J connectivity index is 1.41. The summed E-state index contributed by atoms with van der Waals surface area (Å²) < 4.78 is 26.5. The van der Waals surface area contributed by atoms with Crippen molar-refractivity contribution in [1.29, 1.82) is 0 Å². The molecule has 1 saturated carbocycles. The highest BCUT2D eigenvalue weighted by molar-refractivity contribution is 7.89. The van der Waals surface area contributed by atoms with Crippen LogP contribution in [-0.4, -0.2) is 48.0 Å². The number of benzene rings is 1. The number of sulfonamides is 1. The zero-order valence-electron chi connectivity index (χ0n) is 14.8. The summed E-state index contributed by atoms with van der Waals surface area (Å²) in [6.45, 7) is 1.10. The average molecular weight is 387 g/mol. The van der Waals surface area contributed by atoms with Crippen molar-refractivity contribution >= 4 is 27.6 Å². The van der Waals surface area contributed by atoms with E-state index in [1.165, 1.54) is 28.6 Å². The molecule has 1 saturated heterocycles. The second-order valence-electron chi connectivity index (χ2n) is 6.81. The average Bonchev–Trinajstić information content (AvgIpc) is 3.31. The smallest absolute Gasteiger partial charge is 0.256 e. The first kappa shape index (κ1) is 17.9. The Labute approximate surface area is 158 Å². The Morgan fingerprint density at radius 3 is 2.19 bits per heavy atom. The maximum absolute atomic E-state index is 12.5. The first-order chi connectivity index (χ1) is 13.0. The van der Waals surface area contributed by atoms with Gasteiger partial charge in [0.1, 0.15) is 5.82 Å². The number of carbonyl (C=O) groups excluding carboxylic acids is 1. The third kappa shape index (κ3) is 4.09. The van der Waals surface area contributed by atoms with Gasteiger partial charge in [-0.15, -0.1) is 10.2 Å².